The Labute approximate surface area is 152 Å². The van der Waals surface area contributed by atoms with Crippen LogP contribution in [0.1, 0.15) is 22.3 Å². The van der Waals surface area contributed by atoms with E-state index in [9.17, 15) is 9.59 Å². The predicted molar refractivity (Wildman–Crippen MR) is 103 cm³/mol. The Bertz CT molecular complexity index is 997. The number of thioether (sulfide) groups is 1. The number of aromatic nitrogens is 1. The summed E-state index contributed by atoms with van der Waals surface area (Å²) in [5, 5.41) is 6.27. The first-order chi connectivity index (χ1) is 12.1. The minimum absolute atomic E-state index is 0.0228. The number of hydrogen-bond donors (Lipinski definition) is 2. The molecule has 4 rings (SSSR count). The first-order valence-electron chi connectivity index (χ1n) is 7.84. The molecule has 7 heteroatoms. The number of hydrogen-bond acceptors (Lipinski definition) is 5. The number of aryl methyl sites for hydroxylation is 1. The highest BCUT2D eigenvalue weighted by molar-refractivity contribution is 7.99. The fourth-order valence-corrected chi connectivity index (χ4v) is 4.51. The van der Waals surface area contributed by atoms with E-state index in [1.54, 1.807) is 23.9 Å². The summed E-state index contributed by atoms with van der Waals surface area (Å²) in [4.78, 5) is 29.7. The zero-order valence-corrected chi connectivity index (χ0v) is 15.1. The van der Waals surface area contributed by atoms with Crippen LogP contribution in [0.25, 0.3) is 10.2 Å². The highest BCUT2D eigenvalue weighted by Crippen LogP contribution is 2.32. The monoisotopic (exact) mass is 369 g/mol. The smallest absolute Gasteiger partial charge is 0.257 e. The van der Waals surface area contributed by atoms with Gasteiger partial charge in [0.1, 0.15) is 0 Å². The molecule has 0 fully saturated rings. The summed E-state index contributed by atoms with van der Waals surface area (Å²) in [5.41, 5.74) is 3.22. The molecule has 0 atom stereocenters. The van der Waals surface area contributed by atoms with Gasteiger partial charge in [0.05, 0.1) is 15.9 Å². The predicted octanol–water partition coefficient (Wildman–Crippen LogP) is 4.29. The van der Waals surface area contributed by atoms with Crippen LogP contribution in [0.5, 0.6) is 0 Å². The molecule has 25 heavy (non-hydrogen) atoms. The number of amides is 2. The van der Waals surface area contributed by atoms with Crippen molar-refractivity contribution in [1.82, 2.24) is 4.98 Å². The number of thiazole rings is 1. The quantitative estimate of drug-likeness (QED) is 0.707. The lowest BCUT2D eigenvalue weighted by Crippen LogP contribution is -2.14. The summed E-state index contributed by atoms with van der Waals surface area (Å²) in [6, 6.07) is 11.4. The van der Waals surface area contributed by atoms with Crippen molar-refractivity contribution in [3.05, 3.63) is 47.5 Å². The van der Waals surface area contributed by atoms with E-state index in [0.717, 1.165) is 26.4 Å². The van der Waals surface area contributed by atoms with Crippen molar-refractivity contribution in [2.24, 2.45) is 0 Å². The van der Waals surface area contributed by atoms with Crippen LogP contribution in [0.15, 0.2) is 41.3 Å². The lowest BCUT2D eigenvalue weighted by Gasteiger charge is -2.08. The van der Waals surface area contributed by atoms with Crippen LogP contribution >= 0.6 is 23.1 Å². The van der Waals surface area contributed by atoms with Crippen LogP contribution in [0.2, 0.25) is 0 Å². The zero-order chi connectivity index (χ0) is 17.4. The average Bonchev–Trinajstić information content (AvgIpc) is 2.86. The molecule has 1 aromatic heterocycles. The van der Waals surface area contributed by atoms with Gasteiger partial charge in [-0.3, -0.25) is 14.9 Å². The third kappa shape index (κ3) is 3.38. The fraction of sp³-hybridized carbons (Fsp3) is 0.167. The molecule has 0 spiro atoms. The molecule has 2 aromatic carbocycles. The summed E-state index contributed by atoms with van der Waals surface area (Å²) in [6.07, 6.45) is 0.478. The van der Waals surface area contributed by atoms with E-state index in [1.807, 2.05) is 25.1 Å². The van der Waals surface area contributed by atoms with Crippen LogP contribution < -0.4 is 10.6 Å². The Kier molecular flexibility index (Phi) is 4.19. The second-order valence-corrected chi connectivity index (χ2v) is 7.97. The Hall–Kier alpha value is -2.38. The van der Waals surface area contributed by atoms with Crippen molar-refractivity contribution >= 4 is 55.9 Å². The molecule has 2 amide bonds. The lowest BCUT2D eigenvalue weighted by atomic mass is 10.2. The maximum atomic E-state index is 12.5. The van der Waals surface area contributed by atoms with Gasteiger partial charge in [-0.15, -0.1) is 11.8 Å². The maximum absolute atomic E-state index is 12.5. The molecule has 3 aromatic rings. The minimum atomic E-state index is -0.234. The van der Waals surface area contributed by atoms with Gasteiger partial charge in [0, 0.05) is 22.6 Å². The van der Waals surface area contributed by atoms with Crippen molar-refractivity contribution < 1.29 is 9.59 Å². The SMILES string of the molecule is Cc1ccc2nc(NC(=O)c3ccc4c(c3)NC(=O)CCS4)sc2c1. The number of carbonyl (C=O) groups is 2. The standard InChI is InChI=1S/C18H15N3O2S2/c1-10-2-4-12-15(8-10)25-18(20-12)21-17(23)11-3-5-14-13(9-11)19-16(22)6-7-24-14/h2-5,8-9H,6-7H2,1H3,(H,19,22)(H,20,21,23). The van der Waals surface area contributed by atoms with E-state index in [0.29, 0.717) is 22.8 Å². The van der Waals surface area contributed by atoms with Crippen molar-refractivity contribution in [1.29, 1.82) is 0 Å². The third-order valence-corrected chi connectivity index (χ3v) is 5.88. The molecule has 126 valence electrons. The number of carbonyl (C=O) groups excluding carboxylic acids is 2. The Balaban J connectivity index is 1.59. The van der Waals surface area contributed by atoms with Crippen LogP contribution in [0.4, 0.5) is 10.8 Å². The number of rotatable bonds is 2. The Morgan fingerprint density at radius 2 is 2.12 bits per heavy atom. The average molecular weight is 369 g/mol. The molecule has 2 N–H and O–H groups in total. The molecule has 0 bridgehead atoms. The molecule has 0 saturated carbocycles. The van der Waals surface area contributed by atoms with E-state index in [1.165, 1.54) is 11.3 Å². The van der Waals surface area contributed by atoms with E-state index in [4.69, 9.17) is 0 Å². The summed E-state index contributed by atoms with van der Waals surface area (Å²) in [5.74, 6) is 0.489. The Morgan fingerprint density at radius 3 is 3.00 bits per heavy atom. The first kappa shape index (κ1) is 16.1. The summed E-state index contributed by atoms with van der Waals surface area (Å²) in [7, 11) is 0. The molecule has 0 radical (unpaired) electrons. The van der Waals surface area contributed by atoms with Crippen LogP contribution in [0, 0.1) is 6.92 Å². The van der Waals surface area contributed by atoms with Gasteiger partial charge in [-0.1, -0.05) is 17.4 Å². The molecule has 5 nitrogen and oxygen atoms in total. The number of anilines is 2. The minimum Gasteiger partial charge on any atom is -0.325 e. The highest BCUT2D eigenvalue weighted by atomic mass is 32.2. The number of nitrogens with zero attached hydrogens (tertiary/aromatic N) is 1. The molecule has 2 heterocycles. The van der Waals surface area contributed by atoms with E-state index in [-0.39, 0.29) is 11.8 Å². The van der Waals surface area contributed by atoms with Crippen molar-refractivity contribution in [2.45, 2.75) is 18.2 Å². The summed E-state index contributed by atoms with van der Waals surface area (Å²) < 4.78 is 1.04. The van der Waals surface area contributed by atoms with Crippen molar-refractivity contribution in [3.63, 3.8) is 0 Å². The van der Waals surface area contributed by atoms with Crippen LogP contribution in [-0.2, 0) is 4.79 Å². The molecule has 0 saturated heterocycles. The van der Waals surface area contributed by atoms with E-state index < -0.39 is 0 Å². The molecule has 1 aliphatic heterocycles. The number of nitrogens with one attached hydrogen (secondary N) is 2. The topological polar surface area (TPSA) is 71.1 Å². The lowest BCUT2D eigenvalue weighted by molar-refractivity contribution is -0.115. The largest absolute Gasteiger partial charge is 0.325 e. The second-order valence-electron chi connectivity index (χ2n) is 5.80. The molecular weight excluding hydrogens is 354 g/mol. The highest BCUT2D eigenvalue weighted by Gasteiger charge is 2.16. The second kappa shape index (κ2) is 6.50. The van der Waals surface area contributed by atoms with Gasteiger partial charge in [-0.2, -0.15) is 0 Å². The third-order valence-electron chi connectivity index (χ3n) is 3.87. The summed E-state index contributed by atoms with van der Waals surface area (Å²) in [6.45, 7) is 2.03. The molecule has 1 aliphatic rings. The first-order valence-corrected chi connectivity index (χ1v) is 9.64. The van der Waals surface area contributed by atoms with Gasteiger partial charge >= 0.3 is 0 Å². The molecule has 0 aliphatic carbocycles. The van der Waals surface area contributed by atoms with Gasteiger partial charge in [-0.05, 0) is 42.8 Å². The van der Waals surface area contributed by atoms with Gasteiger partial charge in [0.15, 0.2) is 5.13 Å². The maximum Gasteiger partial charge on any atom is 0.257 e. The van der Waals surface area contributed by atoms with Crippen molar-refractivity contribution in [2.75, 3.05) is 16.4 Å². The van der Waals surface area contributed by atoms with E-state index >= 15 is 0 Å². The van der Waals surface area contributed by atoms with Crippen LogP contribution in [0.3, 0.4) is 0 Å². The zero-order valence-electron chi connectivity index (χ0n) is 13.5. The fourth-order valence-electron chi connectivity index (χ4n) is 2.62. The normalized spacial score (nSPS) is 13.9. The molecular formula is C18H15N3O2S2. The van der Waals surface area contributed by atoms with Gasteiger partial charge in [0.2, 0.25) is 5.91 Å². The summed E-state index contributed by atoms with van der Waals surface area (Å²) >= 11 is 3.07. The van der Waals surface area contributed by atoms with Gasteiger partial charge < -0.3 is 5.32 Å². The van der Waals surface area contributed by atoms with Crippen LogP contribution in [-0.4, -0.2) is 22.6 Å². The number of fused-ring (bicyclic) bond motifs is 2. The van der Waals surface area contributed by atoms with Gasteiger partial charge in [-0.25, -0.2) is 4.98 Å². The number of benzene rings is 2. The molecule has 0 unspecified atom stereocenters. The van der Waals surface area contributed by atoms with Crippen molar-refractivity contribution in [3.8, 4) is 0 Å². The Morgan fingerprint density at radius 1 is 1.24 bits per heavy atom. The van der Waals surface area contributed by atoms with Gasteiger partial charge in [0.25, 0.3) is 5.91 Å². The van der Waals surface area contributed by atoms with E-state index in [2.05, 4.69) is 21.7 Å².